The van der Waals surface area contributed by atoms with Gasteiger partial charge in [-0.1, -0.05) is 6.07 Å². The second-order valence-corrected chi connectivity index (χ2v) is 9.04. The molecule has 4 nitrogen and oxygen atoms in total. The molecule has 2 aliphatic heterocycles. The maximum Gasteiger partial charge on any atom is 0.494 e. The van der Waals surface area contributed by atoms with Crippen LogP contribution in [0.2, 0.25) is 0 Å². The lowest BCUT2D eigenvalue weighted by molar-refractivity contribution is -0.137. The highest BCUT2D eigenvalue weighted by Gasteiger charge is 2.52. The Balaban J connectivity index is 1.88. The van der Waals surface area contributed by atoms with E-state index in [0.717, 1.165) is 12.8 Å². The molecule has 2 saturated heterocycles. The number of alkyl halides is 3. The standard InChI is InChI=1S/C20H30BF3N2O2/c1-18(2)19(3,4)28-21(27-18)14-7-8-17(16(13-14)20(22,23)24)26-11-9-15(10-12-26)25(5)6/h7-8,13,15H,9-12H2,1-6H3. The van der Waals surface area contributed by atoms with E-state index in [1.165, 1.54) is 6.07 Å². The van der Waals surface area contributed by atoms with Gasteiger partial charge in [0, 0.05) is 24.8 Å². The van der Waals surface area contributed by atoms with Gasteiger partial charge in [0.25, 0.3) is 0 Å². The average Bonchev–Trinajstić information content (AvgIpc) is 2.81. The molecule has 0 aromatic heterocycles. The van der Waals surface area contributed by atoms with Crippen molar-refractivity contribution in [3.8, 4) is 0 Å². The predicted molar refractivity (Wildman–Crippen MR) is 106 cm³/mol. The third-order valence-electron chi connectivity index (χ3n) is 6.39. The van der Waals surface area contributed by atoms with E-state index in [2.05, 4.69) is 4.90 Å². The van der Waals surface area contributed by atoms with Crippen LogP contribution in [0, 0.1) is 0 Å². The zero-order valence-electron chi connectivity index (χ0n) is 17.6. The molecule has 0 saturated carbocycles. The molecule has 2 heterocycles. The molecule has 1 aromatic rings. The van der Waals surface area contributed by atoms with Crippen LogP contribution in [0.1, 0.15) is 46.1 Å². The number of rotatable bonds is 3. The number of halogens is 3. The van der Waals surface area contributed by atoms with Crippen LogP contribution in [0.25, 0.3) is 0 Å². The summed E-state index contributed by atoms with van der Waals surface area (Å²) >= 11 is 0. The van der Waals surface area contributed by atoms with E-state index >= 15 is 0 Å². The summed E-state index contributed by atoms with van der Waals surface area (Å²) in [7, 11) is 3.22. The van der Waals surface area contributed by atoms with Gasteiger partial charge in [0.1, 0.15) is 0 Å². The summed E-state index contributed by atoms with van der Waals surface area (Å²) in [6, 6.07) is 4.87. The molecule has 8 heteroatoms. The monoisotopic (exact) mass is 398 g/mol. The Hall–Kier alpha value is -1.25. The summed E-state index contributed by atoms with van der Waals surface area (Å²) in [4.78, 5) is 3.99. The number of nitrogens with zero attached hydrogens (tertiary/aromatic N) is 2. The molecule has 0 spiro atoms. The minimum atomic E-state index is -4.44. The van der Waals surface area contributed by atoms with Crippen LogP contribution in [-0.4, -0.2) is 56.4 Å². The highest BCUT2D eigenvalue weighted by molar-refractivity contribution is 6.62. The first kappa shape index (κ1) is 21.5. The van der Waals surface area contributed by atoms with Crippen molar-refractivity contribution in [3.63, 3.8) is 0 Å². The number of hydrogen-bond donors (Lipinski definition) is 0. The van der Waals surface area contributed by atoms with Crippen molar-refractivity contribution < 1.29 is 22.5 Å². The van der Waals surface area contributed by atoms with E-state index in [-0.39, 0.29) is 5.69 Å². The summed E-state index contributed by atoms with van der Waals surface area (Å²) < 4.78 is 53.5. The van der Waals surface area contributed by atoms with E-state index in [1.807, 2.05) is 46.7 Å². The van der Waals surface area contributed by atoms with E-state index < -0.39 is 30.1 Å². The lowest BCUT2D eigenvalue weighted by Crippen LogP contribution is -2.43. The fourth-order valence-electron chi connectivity index (χ4n) is 3.81. The van der Waals surface area contributed by atoms with Crippen molar-refractivity contribution in [2.24, 2.45) is 0 Å². The number of hydrogen-bond acceptors (Lipinski definition) is 4. The highest BCUT2D eigenvalue weighted by Crippen LogP contribution is 2.39. The van der Waals surface area contributed by atoms with Crippen LogP contribution in [0.15, 0.2) is 18.2 Å². The van der Waals surface area contributed by atoms with Crippen molar-refractivity contribution in [2.45, 2.75) is 64.0 Å². The zero-order valence-corrected chi connectivity index (χ0v) is 17.6. The zero-order chi connectivity index (χ0) is 20.9. The number of anilines is 1. The molecule has 0 atom stereocenters. The molecular formula is C20H30BF3N2O2. The minimum absolute atomic E-state index is 0.241. The van der Waals surface area contributed by atoms with Gasteiger partial charge in [0.2, 0.25) is 0 Å². The topological polar surface area (TPSA) is 24.9 Å². The SMILES string of the molecule is CN(C)C1CCN(c2ccc(B3OC(C)(C)C(C)(C)O3)cc2C(F)(F)F)CC1. The van der Waals surface area contributed by atoms with Crippen LogP contribution in [0.3, 0.4) is 0 Å². The van der Waals surface area contributed by atoms with E-state index in [9.17, 15) is 13.2 Å². The van der Waals surface area contributed by atoms with Crippen molar-refractivity contribution in [1.82, 2.24) is 4.90 Å². The lowest BCUT2D eigenvalue weighted by Gasteiger charge is -2.37. The van der Waals surface area contributed by atoms with Gasteiger partial charge in [-0.25, -0.2) is 0 Å². The molecular weight excluding hydrogens is 368 g/mol. The normalized spacial score (nSPS) is 22.9. The largest absolute Gasteiger partial charge is 0.494 e. The van der Waals surface area contributed by atoms with Crippen LogP contribution in [0.4, 0.5) is 18.9 Å². The molecule has 28 heavy (non-hydrogen) atoms. The quantitative estimate of drug-likeness (QED) is 0.728. The Labute approximate surface area is 166 Å². The van der Waals surface area contributed by atoms with Gasteiger partial charge in [-0.2, -0.15) is 13.2 Å². The van der Waals surface area contributed by atoms with Gasteiger partial charge >= 0.3 is 13.3 Å². The molecule has 2 aliphatic rings. The van der Waals surface area contributed by atoms with Crippen LogP contribution in [-0.2, 0) is 15.5 Å². The van der Waals surface area contributed by atoms with Gasteiger partial charge in [-0.3, -0.25) is 0 Å². The molecule has 0 N–H and O–H groups in total. The van der Waals surface area contributed by atoms with Crippen molar-refractivity contribution in [2.75, 3.05) is 32.1 Å². The van der Waals surface area contributed by atoms with Gasteiger partial charge < -0.3 is 19.1 Å². The summed E-state index contributed by atoms with van der Waals surface area (Å²) in [6.45, 7) is 8.78. The first-order chi connectivity index (χ1) is 12.8. The first-order valence-corrected chi connectivity index (χ1v) is 9.80. The smallest absolute Gasteiger partial charge is 0.399 e. The third kappa shape index (κ3) is 4.05. The summed E-state index contributed by atoms with van der Waals surface area (Å²) in [5.74, 6) is 0. The number of piperidine rings is 1. The molecule has 0 amide bonds. The third-order valence-corrected chi connectivity index (χ3v) is 6.39. The van der Waals surface area contributed by atoms with Crippen LogP contribution >= 0.6 is 0 Å². The van der Waals surface area contributed by atoms with Crippen LogP contribution in [0.5, 0.6) is 0 Å². The summed E-state index contributed by atoms with van der Waals surface area (Å²) in [5, 5.41) is 0. The molecule has 2 fully saturated rings. The summed E-state index contributed by atoms with van der Waals surface area (Å²) in [6.07, 6.45) is -2.74. The van der Waals surface area contributed by atoms with E-state index in [1.54, 1.807) is 12.1 Å². The van der Waals surface area contributed by atoms with Crippen molar-refractivity contribution in [3.05, 3.63) is 23.8 Å². The van der Waals surface area contributed by atoms with Gasteiger partial charge in [0.05, 0.1) is 16.8 Å². The minimum Gasteiger partial charge on any atom is -0.399 e. The van der Waals surface area contributed by atoms with E-state index in [4.69, 9.17) is 9.31 Å². The Morgan fingerprint density at radius 2 is 1.57 bits per heavy atom. The molecule has 0 unspecified atom stereocenters. The Bertz CT molecular complexity index is 698. The second-order valence-electron chi connectivity index (χ2n) is 9.04. The first-order valence-electron chi connectivity index (χ1n) is 9.80. The van der Waals surface area contributed by atoms with Gasteiger partial charge in [-0.15, -0.1) is 0 Å². The molecule has 0 radical (unpaired) electrons. The lowest BCUT2D eigenvalue weighted by atomic mass is 9.78. The van der Waals surface area contributed by atoms with Crippen molar-refractivity contribution in [1.29, 1.82) is 0 Å². The molecule has 156 valence electrons. The fraction of sp³-hybridized carbons (Fsp3) is 0.700. The van der Waals surface area contributed by atoms with Gasteiger partial charge in [0.15, 0.2) is 0 Å². The molecule has 0 bridgehead atoms. The summed E-state index contributed by atoms with van der Waals surface area (Å²) in [5.41, 5.74) is -1.17. The molecule has 3 rings (SSSR count). The molecule has 0 aliphatic carbocycles. The second kappa shape index (κ2) is 7.22. The van der Waals surface area contributed by atoms with Crippen molar-refractivity contribution >= 4 is 18.3 Å². The van der Waals surface area contributed by atoms with Crippen LogP contribution < -0.4 is 10.4 Å². The maximum atomic E-state index is 13.9. The van der Waals surface area contributed by atoms with E-state index in [0.29, 0.717) is 24.6 Å². The highest BCUT2D eigenvalue weighted by atomic mass is 19.4. The average molecular weight is 398 g/mol. The predicted octanol–water partition coefficient (Wildman–Crippen LogP) is 3.54. The molecule has 1 aromatic carbocycles. The Morgan fingerprint density at radius 3 is 2.04 bits per heavy atom. The van der Waals surface area contributed by atoms with Gasteiger partial charge in [-0.05, 0) is 72.2 Å². The fourth-order valence-corrected chi connectivity index (χ4v) is 3.81. The maximum absolute atomic E-state index is 13.9. The Kier molecular flexibility index (Phi) is 5.53. The number of benzene rings is 1. The Morgan fingerprint density at radius 1 is 1.04 bits per heavy atom.